The summed E-state index contributed by atoms with van der Waals surface area (Å²) >= 11 is 5.98. The van der Waals surface area contributed by atoms with Crippen LogP contribution in [0.25, 0.3) is 0 Å². The van der Waals surface area contributed by atoms with Crippen LogP contribution in [-0.2, 0) is 6.42 Å². The van der Waals surface area contributed by atoms with Crippen molar-refractivity contribution in [3.05, 3.63) is 82.3 Å². The number of nitrogens with one attached hydrogen (secondary N) is 1. The second-order valence-electron chi connectivity index (χ2n) is 5.52. The fraction of sp³-hybridized carbons (Fsp3) is 0.167. The summed E-state index contributed by atoms with van der Waals surface area (Å²) in [6.07, 6.45) is 0.216. The molecule has 1 atom stereocenters. The van der Waals surface area contributed by atoms with E-state index in [-0.39, 0.29) is 29.3 Å². The molecule has 128 valence electrons. The van der Waals surface area contributed by atoms with Crippen LogP contribution in [0, 0.1) is 5.82 Å². The highest BCUT2D eigenvalue weighted by atomic mass is 35.5. The monoisotopic (exact) mass is 359 g/mol. The van der Waals surface area contributed by atoms with Crippen LogP contribution in [0.2, 0.25) is 5.02 Å². The smallest absolute Gasteiger partial charge is 0.309 e. The zero-order valence-corrected chi connectivity index (χ0v) is 14.1. The average molecular weight is 360 g/mol. The molecule has 0 saturated carbocycles. The van der Waals surface area contributed by atoms with Gasteiger partial charge < -0.3 is 9.73 Å². The molecule has 25 heavy (non-hydrogen) atoms. The van der Waals surface area contributed by atoms with Crippen molar-refractivity contribution in [2.75, 3.05) is 0 Å². The standard InChI is InChI=1S/C18H15ClFN3O2/c1-11(12-5-3-2-4-6-12)21-17(24)18-23-22-16(25-18)9-13-7-8-14(20)10-15(13)19/h2-8,10-11H,9H2,1H3,(H,21,24)/t11-/m0/s1. The van der Waals surface area contributed by atoms with Crippen LogP contribution < -0.4 is 5.32 Å². The molecule has 0 radical (unpaired) electrons. The summed E-state index contributed by atoms with van der Waals surface area (Å²) < 4.78 is 18.5. The number of carbonyl (C=O) groups excluding carboxylic acids is 1. The Kier molecular flexibility index (Phi) is 5.09. The molecule has 3 aromatic rings. The van der Waals surface area contributed by atoms with Gasteiger partial charge in [0.25, 0.3) is 0 Å². The molecule has 0 unspecified atom stereocenters. The van der Waals surface area contributed by atoms with E-state index in [1.165, 1.54) is 12.1 Å². The number of carbonyl (C=O) groups is 1. The van der Waals surface area contributed by atoms with Gasteiger partial charge in [0.1, 0.15) is 5.82 Å². The van der Waals surface area contributed by atoms with Gasteiger partial charge in [0, 0.05) is 5.02 Å². The maximum atomic E-state index is 13.1. The van der Waals surface area contributed by atoms with Crippen molar-refractivity contribution in [3.8, 4) is 0 Å². The molecule has 2 aromatic carbocycles. The molecule has 0 aliphatic rings. The van der Waals surface area contributed by atoms with Gasteiger partial charge in [-0.25, -0.2) is 4.39 Å². The normalized spacial score (nSPS) is 12.0. The lowest BCUT2D eigenvalue weighted by Crippen LogP contribution is -2.26. The minimum Gasteiger partial charge on any atom is -0.417 e. The number of benzene rings is 2. The SMILES string of the molecule is C[C@H](NC(=O)c1nnc(Cc2ccc(F)cc2Cl)o1)c1ccccc1. The van der Waals surface area contributed by atoms with E-state index in [1.54, 1.807) is 6.07 Å². The third-order valence-electron chi connectivity index (χ3n) is 3.67. The van der Waals surface area contributed by atoms with Gasteiger partial charge in [0.15, 0.2) is 0 Å². The molecule has 0 fully saturated rings. The summed E-state index contributed by atoms with van der Waals surface area (Å²) in [5.74, 6) is -0.781. The molecule has 0 spiro atoms. The maximum Gasteiger partial charge on any atom is 0.309 e. The van der Waals surface area contributed by atoms with E-state index in [9.17, 15) is 9.18 Å². The Balaban J connectivity index is 1.67. The van der Waals surface area contributed by atoms with Crippen molar-refractivity contribution in [2.24, 2.45) is 0 Å². The van der Waals surface area contributed by atoms with Gasteiger partial charge in [0.05, 0.1) is 12.5 Å². The van der Waals surface area contributed by atoms with E-state index in [2.05, 4.69) is 15.5 Å². The first kappa shape index (κ1) is 17.1. The molecule has 1 aromatic heterocycles. The molecule has 1 N–H and O–H groups in total. The highest BCUT2D eigenvalue weighted by Gasteiger charge is 2.18. The Morgan fingerprint density at radius 1 is 1.24 bits per heavy atom. The lowest BCUT2D eigenvalue weighted by molar-refractivity contribution is 0.0903. The average Bonchev–Trinajstić information content (AvgIpc) is 3.07. The first-order valence-electron chi connectivity index (χ1n) is 7.65. The van der Waals surface area contributed by atoms with Gasteiger partial charge in [-0.2, -0.15) is 0 Å². The molecular weight excluding hydrogens is 345 g/mol. The van der Waals surface area contributed by atoms with Crippen LogP contribution in [0.15, 0.2) is 52.9 Å². The third kappa shape index (κ3) is 4.22. The van der Waals surface area contributed by atoms with E-state index in [0.717, 1.165) is 5.56 Å². The number of hydrogen-bond donors (Lipinski definition) is 1. The maximum absolute atomic E-state index is 13.1. The summed E-state index contributed by atoms with van der Waals surface area (Å²) in [6.45, 7) is 1.86. The Labute approximate surface area is 148 Å². The minimum atomic E-state index is -0.458. The Morgan fingerprint density at radius 2 is 2.00 bits per heavy atom. The number of rotatable bonds is 5. The molecule has 3 rings (SSSR count). The minimum absolute atomic E-state index is 0.129. The Morgan fingerprint density at radius 3 is 2.72 bits per heavy atom. The summed E-state index contributed by atoms with van der Waals surface area (Å²) in [7, 11) is 0. The molecule has 0 aliphatic heterocycles. The fourth-order valence-electron chi connectivity index (χ4n) is 2.33. The number of aromatic nitrogens is 2. The Hall–Kier alpha value is -2.73. The third-order valence-corrected chi connectivity index (χ3v) is 4.02. The second-order valence-corrected chi connectivity index (χ2v) is 5.93. The van der Waals surface area contributed by atoms with E-state index in [1.807, 2.05) is 37.3 Å². The first-order chi connectivity index (χ1) is 12.0. The quantitative estimate of drug-likeness (QED) is 0.749. The van der Waals surface area contributed by atoms with Crippen molar-refractivity contribution in [1.82, 2.24) is 15.5 Å². The number of halogens is 2. The van der Waals surface area contributed by atoms with Crippen molar-refractivity contribution >= 4 is 17.5 Å². The van der Waals surface area contributed by atoms with E-state index in [4.69, 9.17) is 16.0 Å². The predicted molar refractivity (Wildman–Crippen MR) is 90.8 cm³/mol. The van der Waals surface area contributed by atoms with Crippen LogP contribution >= 0.6 is 11.6 Å². The largest absolute Gasteiger partial charge is 0.417 e. The zero-order chi connectivity index (χ0) is 17.8. The number of hydrogen-bond acceptors (Lipinski definition) is 4. The Bertz CT molecular complexity index is 883. The van der Waals surface area contributed by atoms with Crippen LogP contribution in [-0.4, -0.2) is 16.1 Å². The van der Waals surface area contributed by atoms with Gasteiger partial charge in [-0.15, -0.1) is 10.2 Å². The van der Waals surface area contributed by atoms with Gasteiger partial charge in [-0.3, -0.25) is 4.79 Å². The summed E-state index contributed by atoms with van der Waals surface area (Å²) in [5, 5.41) is 10.7. The molecule has 7 heteroatoms. The molecule has 1 amide bonds. The second kappa shape index (κ2) is 7.44. The summed E-state index contributed by atoms with van der Waals surface area (Å²) in [4.78, 5) is 12.2. The van der Waals surface area contributed by atoms with Gasteiger partial charge in [-0.1, -0.05) is 48.0 Å². The highest BCUT2D eigenvalue weighted by molar-refractivity contribution is 6.31. The molecular formula is C18H15ClFN3O2. The molecule has 0 saturated heterocycles. The molecule has 5 nitrogen and oxygen atoms in total. The number of nitrogens with zero attached hydrogens (tertiary/aromatic N) is 2. The molecule has 1 heterocycles. The molecule has 0 bridgehead atoms. The van der Waals surface area contributed by atoms with Crippen LogP contribution in [0.3, 0.4) is 0 Å². The lowest BCUT2D eigenvalue weighted by Gasteiger charge is -2.12. The van der Waals surface area contributed by atoms with Crippen LogP contribution in [0.4, 0.5) is 4.39 Å². The number of amides is 1. The van der Waals surface area contributed by atoms with Gasteiger partial charge in [-0.05, 0) is 30.2 Å². The van der Waals surface area contributed by atoms with Crippen molar-refractivity contribution in [1.29, 1.82) is 0 Å². The van der Waals surface area contributed by atoms with E-state index < -0.39 is 11.7 Å². The summed E-state index contributed by atoms with van der Waals surface area (Å²) in [6, 6.07) is 13.4. The highest BCUT2D eigenvalue weighted by Crippen LogP contribution is 2.20. The zero-order valence-electron chi connectivity index (χ0n) is 13.4. The lowest BCUT2D eigenvalue weighted by atomic mass is 10.1. The predicted octanol–water partition coefficient (Wildman–Crippen LogP) is 3.94. The van der Waals surface area contributed by atoms with E-state index in [0.29, 0.717) is 5.56 Å². The van der Waals surface area contributed by atoms with E-state index >= 15 is 0 Å². The fourth-order valence-corrected chi connectivity index (χ4v) is 2.56. The van der Waals surface area contributed by atoms with Crippen LogP contribution in [0.1, 0.15) is 40.7 Å². The summed E-state index contributed by atoms with van der Waals surface area (Å²) in [5.41, 5.74) is 1.60. The topological polar surface area (TPSA) is 68.0 Å². The van der Waals surface area contributed by atoms with Gasteiger partial charge in [0.2, 0.25) is 5.89 Å². The molecule has 0 aliphatic carbocycles. The van der Waals surface area contributed by atoms with Gasteiger partial charge >= 0.3 is 11.8 Å². The first-order valence-corrected chi connectivity index (χ1v) is 8.03. The van der Waals surface area contributed by atoms with Crippen LogP contribution in [0.5, 0.6) is 0 Å². The van der Waals surface area contributed by atoms with Crippen molar-refractivity contribution < 1.29 is 13.6 Å². The van der Waals surface area contributed by atoms with Crippen molar-refractivity contribution in [2.45, 2.75) is 19.4 Å². The van der Waals surface area contributed by atoms with Crippen molar-refractivity contribution in [3.63, 3.8) is 0 Å².